The first-order valence-corrected chi connectivity index (χ1v) is 4.58. The fourth-order valence-electron chi connectivity index (χ4n) is 0.908. The Hall–Kier alpha value is -1.17. The van der Waals surface area contributed by atoms with Crippen LogP contribution >= 0.6 is 11.8 Å². The van der Waals surface area contributed by atoms with Gasteiger partial charge in [0.25, 0.3) is 0 Å². The van der Waals surface area contributed by atoms with Crippen LogP contribution in [-0.4, -0.2) is 36.5 Å². The van der Waals surface area contributed by atoms with Crippen molar-refractivity contribution in [3.8, 4) is 0 Å². The molecule has 0 unspecified atom stereocenters. The van der Waals surface area contributed by atoms with Crippen LogP contribution in [0.3, 0.4) is 0 Å². The number of nitrogens with one attached hydrogen (secondary N) is 1. The largest absolute Gasteiger partial charge is 0.477 e. The first-order chi connectivity index (χ1) is 6.16. The van der Waals surface area contributed by atoms with Gasteiger partial charge >= 0.3 is 11.9 Å². The van der Waals surface area contributed by atoms with Gasteiger partial charge in [0.15, 0.2) is 0 Å². The monoisotopic (exact) mass is 203 g/mol. The standard InChI is InChI=1S/C7H9NO4S/c1-12-7(11)5-4(6(9)10)8-2-3-13-5/h8H,2-3H2,1H3,(H,9,10). The van der Waals surface area contributed by atoms with Crippen LogP contribution in [0.4, 0.5) is 0 Å². The lowest BCUT2D eigenvalue weighted by atomic mass is 10.3. The molecule has 5 nitrogen and oxygen atoms in total. The minimum atomic E-state index is -1.13. The van der Waals surface area contributed by atoms with E-state index in [9.17, 15) is 9.59 Å². The Morgan fingerprint density at radius 2 is 2.31 bits per heavy atom. The Kier molecular flexibility index (Phi) is 3.18. The zero-order valence-electron chi connectivity index (χ0n) is 6.99. The van der Waals surface area contributed by atoms with E-state index in [-0.39, 0.29) is 10.6 Å². The lowest BCUT2D eigenvalue weighted by Crippen LogP contribution is -2.30. The molecule has 1 aliphatic heterocycles. The molecule has 0 aromatic heterocycles. The van der Waals surface area contributed by atoms with Crippen LogP contribution in [0, 0.1) is 0 Å². The van der Waals surface area contributed by atoms with Gasteiger partial charge in [0, 0.05) is 12.3 Å². The topological polar surface area (TPSA) is 75.6 Å². The summed E-state index contributed by atoms with van der Waals surface area (Å²) in [7, 11) is 1.23. The summed E-state index contributed by atoms with van der Waals surface area (Å²) < 4.78 is 4.45. The van der Waals surface area contributed by atoms with Crippen LogP contribution in [0.2, 0.25) is 0 Å². The SMILES string of the molecule is COC(=O)C1=C(C(=O)O)NCCS1. The lowest BCUT2D eigenvalue weighted by molar-refractivity contribution is -0.137. The van der Waals surface area contributed by atoms with Gasteiger partial charge in [0.05, 0.1) is 7.11 Å². The maximum Gasteiger partial charge on any atom is 0.353 e. The molecule has 0 spiro atoms. The summed E-state index contributed by atoms with van der Waals surface area (Å²) in [5, 5.41) is 11.4. The average molecular weight is 203 g/mol. The smallest absolute Gasteiger partial charge is 0.353 e. The number of rotatable bonds is 2. The first-order valence-electron chi connectivity index (χ1n) is 3.59. The van der Waals surface area contributed by atoms with Crippen LogP contribution in [0.5, 0.6) is 0 Å². The number of esters is 1. The summed E-state index contributed by atoms with van der Waals surface area (Å²) >= 11 is 1.19. The molecule has 0 saturated carbocycles. The fraction of sp³-hybridized carbons (Fsp3) is 0.429. The molecule has 0 atom stereocenters. The molecule has 0 bridgehead atoms. The first kappa shape index (κ1) is 9.91. The highest BCUT2D eigenvalue weighted by Gasteiger charge is 2.24. The van der Waals surface area contributed by atoms with Crippen molar-refractivity contribution < 1.29 is 19.4 Å². The molecule has 1 rings (SSSR count). The molecule has 13 heavy (non-hydrogen) atoms. The molecular formula is C7H9NO4S. The molecule has 6 heteroatoms. The van der Waals surface area contributed by atoms with Crippen LogP contribution in [-0.2, 0) is 14.3 Å². The number of hydrogen-bond donors (Lipinski definition) is 2. The second kappa shape index (κ2) is 4.18. The van der Waals surface area contributed by atoms with Gasteiger partial charge < -0.3 is 15.2 Å². The molecule has 0 aliphatic carbocycles. The van der Waals surface area contributed by atoms with Crippen LogP contribution in [0.15, 0.2) is 10.6 Å². The third-order valence-electron chi connectivity index (χ3n) is 1.46. The Morgan fingerprint density at radius 3 is 2.85 bits per heavy atom. The molecule has 0 amide bonds. The predicted molar refractivity (Wildman–Crippen MR) is 47.1 cm³/mol. The summed E-state index contributed by atoms with van der Waals surface area (Å²) in [4.78, 5) is 21.9. The third-order valence-corrected chi connectivity index (χ3v) is 2.53. The maximum atomic E-state index is 11.1. The Bertz CT molecular complexity index is 274. The van der Waals surface area contributed by atoms with Gasteiger partial charge in [-0.2, -0.15) is 0 Å². The molecule has 0 radical (unpaired) electrons. The number of carboxylic acid groups (broad SMARTS) is 1. The van der Waals surface area contributed by atoms with Crippen molar-refractivity contribution in [3.63, 3.8) is 0 Å². The molecule has 1 aliphatic rings. The van der Waals surface area contributed by atoms with E-state index in [0.717, 1.165) is 0 Å². The molecule has 2 N–H and O–H groups in total. The van der Waals surface area contributed by atoms with E-state index in [0.29, 0.717) is 12.3 Å². The summed E-state index contributed by atoms with van der Waals surface area (Å²) in [5.41, 5.74) is -0.0666. The zero-order valence-corrected chi connectivity index (χ0v) is 7.81. The molecular weight excluding hydrogens is 194 g/mol. The summed E-state index contributed by atoms with van der Waals surface area (Å²) in [6.45, 7) is 0.548. The van der Waals surface area contributed by atoms with Gasteiger partial charge in [0.2, 0.25) is 0 Å². The van der Waals surface area contributed by atoms with Gasteiger partial charge in [-0.1, -0.05) is 0 Å². The number of thioether (sulfide) groups is 1. The molecule has 0 aromatic carbocycles. The van der Waals surface area contributed by atoms with E-state index in [1.165, 1.54) is 18.9 Å². The second-order valence-corrected chi connectivity index (χ2v) is 3.38. The highest BCUT2D eigenvalue weighted by Crippen LogP contribution is 2.23. The van der Waals surface area contributed by atoms with Crippen LogP contribution in [0.25, 0.3) is 0 Å². The molecule has 1 heterocycles. The van der Waals surface area contributed by atoms with Gasteiger partial charge in [-0.3, -0.25) is 0 Å². The summed E-state index contributed by atoms with van der Waals surface area (Å²) in [5.74, 6) is -1.07. The van der Waals surface area contributed by atoms with Crippen molar-refractivity contribution in [2.75, 3.05) is 19.4 Å². The zero-order chi connectivity index (χ0) is 9.84. The molecule has 0 saturated heterocycles. The Balaban J connectivity index is 2.96. The van der Waals surface area contributed by atoms with E-state index in [4.69, 9.17) is 5.11 Å². The van der Waals surface area contributed by atoms with E-state index < -0.39 is 11.9 Å². The van der Waals surface area contributed by atoms with Crippen molar-refractivity contribution in [2.24, 2.45) is 0 Å². The quantitative estimate of drug-likeness (QED) is 0.605. The van der Waals surface area contributed by atoms with E-state index in [2.05, 4.69) is 10.1 Å². The number of carbonyl (C=O) groups is 2. The van der Waals surface area contributed by atoms with Crippen LogP contribution in [0.1, 0.15) is 0 Å². The third kappa shape index (κ3) is 2.15. The normalized spacial score (nSPS) is 16.4. The van der Waals surface area contributed by atoms with Gasteiger partial charge in [-0.05, 0) is 0 Å². The minimum absolute atomic E-state index is 0.0666. The van der Waals surface area contributed by atoms with E-state index >= 15 is 0 Å². The van der Waals surface area contributed by atoms with Gasteiger partial charge in [0.1, 0.15) is 10.6 Å². The average Bonchev–Trinajstić information content (AvgIpc) is 2.16. The highest BCUT2D eigenvalue weighted by molar-refractivity contribution is 8.04. The van der Waals surface area contributed by atoms with Gasteiger partial charge in [-0.15, -0.1) is 11.8 Å². The van der Waals surface area contributed by atoms with Crippen molar-refractivity contribution in [3.05, 3.63) is 10.6 Å². The lowest BCUT2D eigenvalue weighted by Gasteiger charge is -2.16. The molecule has 0 fully saturated rings. The number of aliphatic carboxylic acids is 1. The van der Waals surface area contributed by atoms with Crippen molar-refractivity contribution in [1.29, 1.82) is 0 Å². The number of ether oxygens (including phenoxy) is 1. The predicted octanol–water partition coefficient (Wildman–Crippen LogP) is -0.208. The summed E-state index contributed by atoms with van der Waals surface area (Å²) in [6, 6.07) is 0. The van der Waals surface area contributed by atoms with Crippen molar-refractivity contribution >= 4 is 23.7 Å². The molecule has 0 aromatic rings. The van der Waals surface area contributed by atoms with Crippen LogP contribution < -0.4 is 5.32 Å². The highest BCUT2D eigenvalue weighted by atomic mass is 32.2. The minimum Gasteiger partial charge on any atom is -0.477 e. The fourth-order valence-corrected chi connectivity index (χ4v) is 1.82. The van der Waals surface area contributed by atoms with E-state index in [1.807, 2.05) is 0 Å². The number of hydrogen-bond acceptors (Lipinski definition) is 5. The second-order valence-electron chi connectivity index (χ2n) is 2.28. The number of carbonyl (C=O) groups excluding carboxylic acids is 1. The molecule has 72 valence electrons. The van der Waals surface area contributed by atoms with E-state index in [1.54, 1.807) is 0 Å². The summed E-state index contributed by atoms with van der Waals surface area (Å²) in [6.07, 6.45) is 0. The Labute approximate surface area is 79.1 Å². The Morgan fingerprint density at radius 1 is 1.62 bits per heavy atom. The van der Waals surface area contributed by atoms with Crippen molar-refractivity contribution in [2.45, 2.75) is 0 Å². The maximum absolute atomic E-state index is 11.1. The van der Waals surface area contributed by atoms with Crippen molar-refractivity contribution in [1.82, 2.24) is 5.32 Å². The van der Waals surface area contributed by atoms with Gasteiger partial charge in [-0.25, -0.2) is 9.59 Å². The number of methoxy groups -OCH3 is 1. The number of carboxylic acids is 1.